The molecular formula is C15H25N3O3S. The van der Waals surface area contributed by atoms with Gasteiger partial charge in [0.2, 0.25) is 0 Å². The molecule has 1 aromatic heterocycles. The van der Waals surface area contributed by atoms with Crippen molar-refractivity contribution in [3.8, 4) is 0 Å². The topological polar surface area (TPSA) is 74.6 Å². The molecule has 1 saturated heterocycles. The van der Waals surface area contributed by atoms with Crippen molar-refractivity contribution in [2.45, 2.75) is 50.6 Å². The van der Waals surface area contributed by atoms with Gasteiger partial charge in [0.15, 0.2) is 0 Å². The summed E-state index contributed by atoms with van der Waals surface area (Å²) in [5.41, 5.74) is 0. The van der Waals surface area contributed by atoms with E-state index in [0.717, 1.165) is 57.4 Å². The quantitative estimate of drug-likeness (QED) is 0.800. The maximum atomic E-state index is 12.2. The molecule has 7 heteroatoms. The number of hydrogen-bond acceptors (Lipinski definition) is 4. The number of nitrogens with zero attached hydrogens (tertiary/aromatic N) is 1. The van der Waals surface area contributed by atoms with Crippen LogP contribution in [-0.4, -0.2) is 39.0 Å². The van der Waals surface area contributed by atoms with E-state index in [-0.39, 0.29) is 12.1 Å². The van der Waals surface area contributed by atoms with Crippen LogP contribution in [0.15, 0.2) is 22.8 Å². The molecule has 3 rings (SSSR count). The third kappa shape index (κ3) is 4.10. The average molecular weight is 327 g/mol. The highest BCUT2D eigenvalue weighted by atomic mass is 32.2. The molecule has 1 aliphatic carbocycles. The first kappa shape index (κ1) is 16.0. The van der Waals surface area contributed by atoms with Crippen molar-refractivity contribution in [3.05, 3.63) is 24.2 Å². The lowest BCUT2D eigenvalue weighted by atomic mass is 10.2. The van der Waals surface area contributed by atoms with Crippen molar-refractivity contribution < 1.29 is 12.8 Å². The average Bonchev–Trinajstić information content (AvgIpc) is 3.22. The number of likely N-dealkylation sites (tertiary alicyclic amines) is 1. The van der Waals surface area contributed by atoms with E-state index < -0.39 is 10.2 Å². The smallest absolute Gasteiger partial charge is 0.277 e. The van der Waals surface area contributed by atoms with Crippen LogP contribution in [0.2, 0.25) is 0 Å². The molecule has 1 aliphatic heterocycles. The summed E-state index contributed by atoms with van der Waals surface area (Å²) in [6, 6.07) is 3.83. The molecule has 0 radical (unpaired) electrons. The summed E-state index contributed by atoms with van der Waals surface area (Å²) in [5, 5.41) is 0. The number of nitrogens with one attached hydrogen (secondary N) is 2. The predicted molar refractivity (Wildman–Crippen MR) is 84.6 cm³/mol. The van der Waals surface area contributed by atoms with Crippen molar-refractivity contribution in [2.75, 3.05) is 19.6 Å². The Morgan fingerprint density at radius 1 is 1.23 bits per heavy atom. The van der Waals surface area contributed by atoms with E-state index in [1.54, 1.807) is 6.26 Å². The van der Waals surface area contributed by atoms with Crippen LogP contribution in [0, 0.1) is 0 Å². The fraction of sp³-hybridized carbons (Fsp3) is 0.733. The van der Waals surface area contributed by atoms with Crippen LogP contribution in [0.5, 0.6) is 0 Å². The van der Waals surface area contributed by atoms with E-state index in [2.05, 4.69) is 14.3 Å². The number of rotatable bonds is 7. The van der Waals surface area contributed by atoms with Crippen molar-refractivity contribution in [2.24, 2.45) is 0 Å². The second kappa shape index (κ2) is 7.12. The van der Waals surface area contributed by atoms with E-state index in [4.69, 9.17) is 4.42 Å². The molecule has 1 atom stereocenters. The molecule has 6 nitrogen and oxygen atoms in total. The predicted octanol–water partition coefficient (Wildman–Crippen LogP) is 1.78. The van der Waals surface area contributed by atoms with Crippen LogP contribution in [-0.2, 0) is 10.2 Å². The highest BCUT2D eigenvalue weighted by Gasteiger charge is 2.28. The molecule has 0 aromatic carbocycles. The van der Waals surface area contributed by atoms with Crippen LogP contribution in [0.4, 0.5) is 0 Å². The van der Waals surface area contributed by atoms with Crippen LogP contribution in [0.25, 0.3) is 0 Å². The maximum absolute atomic E-state index is 12.2. The van der Waals surface area contributed by atoms with Crippen LogP contribution >= 0.6 is 0 Å². The molecule has 2 N–H and O–H groups in total. The molecule has 0 bridgehead atoms. The minimum Gasteiger partial charge on any atom is -0.468 e. The second-order valence-electron chi connectivity index (χ2n) is 6.23. The lowest BCUT2D eigenvalue weighted by Crippen LogP contribution is -2.45. The van der Waals surface area contributed by atoms with E-state index in [0.29, 0.717) is 6.54 Å². The van der Waals surface area contributed by atoms with Crippen molar-refractivity contribution in [3.63, 3.8) is 0 Å². The second-order valence-corrected chi connectivity index (χ2v) is 7.76. The zero-order valence-electron chi connectivity index (χ0n) is 12.8. The summed E-state index contributed by atoms with van der Waals surface area (Å²) in [6.07, 6.45) is 8.05. The summed E-state index contributed by atoms with van der Waals surface area (Å²) in [7, 11) is -3.45. The van der Waals surface area contributed by atoms with Gasteiger partial charge in [-0.15, -0.1) is 0 Å². The summed E-state index contributed by atoms with van der Waals surface area (Å²) >= 11 is 0. The van der Waals surface area contributed by atoms with Crippen molar-refractivity contribution in [1.82, 2.24) is 14.3 Å². The fourth-order valence-electron chi connectivity index (χ4n) is 3.44. The van der Waals surface area contributed by atoms with Gasteiger partial charge in [-0.3, -0.25) is 4.90 Å². The van der Waals surface area contributed by atoms with Gasteiger partial charge >= 0.3 is 0 Å². The third-order valence-corrected chi connectivity index (χ3v) is 5.79. The lowest BCUT2D eigenvalue weighted by Gasteiger charge is -2.26. The first-order valence-corrected chi connectivity index (χ1v) is 9.67. The largest absolute Gasteiger partial charge is 0.468 e. The summed E-state index contributed by atoms with van der Waals surface area (Å²) < 4.78 is 35.4. The molecule has 124 valence electrons. The Labute approximate surface area is 132 Å². The molecular weight excluding hydrogens is 302 g/mol. The van der Waals surface area contributed by atoms with Crippen molar-refractivity contribution >= 4 is 10.2 Å². The van der Waals surface area contributed by atoms with Crippen molar-refractivity contribution in [1.29, 1.82) is 0 Å². The summed E-state index contributed by atoms with van der Waals surface area (Å²) in [6.45, 7) is 2.32. The van der Waals surface area contributed by atoms with Gasteiger partial charge in [-0.05, 0) is 50.9 Å². The van der Waals surface area contributed by atoms with E-state index in [1.165, 1.54) is 0 Å². The highest BCUT2D eigenvalue weighted by molar-refractivity contribution is 7.87. The normalized spacial score (nSPS) is 22.4. The Bertz CT molecular complexity index is 547. The molecule has 0 amide bonds. The van der Waals surface area contributed by atoms with Crippen LogP contribution < -0.4 is 9.44 Å². The SMILES string of the molecule is O=S(=O)(NCC(c1ccco1)N1CCCC1)NC1CCCC1. The molecule has 1 unspecified atom stereocenters. The Morgan fingerprint density at radius 2 is 1.95 bits per heavy atom. The molecule has 2 heterocycles. The Hall–Kier alpha value is -0.890. The van der Waals surface area contributed by atoms with Gasteiger partial charge in [0.05, 0.1) is 12.3 Å². The van der Waals surface area contributed by atoms with Crippen LogP contribution in [0.1, 0.15) is 50.3 Å². The number of hydrogen-bond donors (Lipinski definition) is 2. The van der Waals surface area contributed by atoms with Gasteiger partial charge in [-0.1, -0.05) is 12.8 Å². The van der Waals surface area contributed by atoms with Gasteiger partial charge in [-0.2, -0.15) is 13.1 Å². The Kier molecular flexibility index (Phi) is 5.18. The van der Waals surface area contributed by atoms with Gasteiger partial charge in [0.1, 0.15) is 5.76 Å². The highest BCUT2D eigenvalue weighted by Crippen LogP contribution is 2.25. The maximum Gasteiger partial charge on any atom is 0.277 e. The fourth-order valence-corrected chi connectivity index (χ4v) is 4.57. The molecule has 1 aromatic rings. The van der Waals surface area contributed by atoms with Crippen LogP contribution in [0.3, 0.4) is 0 Å². The summed E-state index contributed by atoms with van der Waals surface area (Å²) in [4.78, 5) is 2.29. The lowest BCUT2D eigenvalue weighted by molar-refractivity contribution is 0.216. The minimum absolute atomic E-state index is 0.0300. The van der Waals surface area contributed by atoms with E-state index in [9.17, 15) is 8.42 Å². The molecule has 2 aliphatic rings. The molecule has 22 heavy (non-hydrogen) atoms. The zero-order valence-corrected chi connectivity index (χ0v) is 13.6. The van der Waals surface area contributed by atoms with Gasteiger partial charge < -0.3 is 4.42 Å². The van der Waals surface area contributed by atoms with Gasteiger partial charge in [-0.25, -0.2) is 4.72 Å². The molecule has 1 saturated carbocycles. The standard InChI is InChI=1S/C15H25N3O3S/c19-22(20,17-13-6-1-2-7-13)16-12-14(15-8-5-11-21-15)18-9-3-4-10-18/h5,8,11,13-14,16-17H,1-4,6-7,9-10,12H2. The zero-order chi connectivity index (χ0) is 15.4. The molecule has 0 spiro atoms. The van der Waals surface area contributed by atoms with Gasteiger partial charge in [0, 0.05) is 12.6 Å². The Morgan fingerprint density at radius 3 is 2.59 bits per heavy atom. The van der Waals surface area contributed by atoms with Gasteiger partial charge in [0.25, 0.3) is 10.2 Å². The van der Waals surface area contributed by atoms with E-state index in [1.807, 2.05) is 12.1 Å². The Balaban J connectivity index is 1.60. The number of furan rings is 1. The monoisotopic (exact) mass is 327 g/mol. The minimum atomic E-state index is -3.45. The summed E-state index contributed by atoms with van der Waals surface area (Å²) in [5.74, 6) is 0.825. The third-order valence-electron chi connectivity index (χ3n) is 4.60. The molecule has 2 fully saturated rings. The first-order valence-electron chi connectivity index (χ1n) is 8.18. The van der Waals surface area contributed by atoms with E-state index >= 15 is 0 Å². The first-order chi connectivity index (χ1) is 10.6.